The van der Waals surface area contributed by atoms with Crippen LogP contribution in [0.25, 0.3) is 0 Å². The molecule has 0 saturated heterocycles. The Morgan fingerprint density at radius 1 is 1.00 bits per heavy atom. The first kappa shape index (κ1) is 16.0. The third kappa shape index (κ3) is 4.08. The minimum Gasteiger partial charge on any atom is -0.423 e. The molecule has 114 valence electrons. The highest BCUT2D eigenvalue weighted by Crippen LogP contribution is 2.27. The minimum absolute atomic E-state index is 0.300. The summed E-state index contributed by atoms with van der Waals surface area (Å²) in [5.74, 6) is 0.231. The summed E-state index contributed by atoms with van der Waals surface area (Å²) in [5.41, 5.74) is 2.34. The highest BCUT2D eigenvalue weighted by Gasteiger charge is 2.23. The van der Waals surface area contributed by atoms with E-state index in [4.69, 9.17) is 4.74 Å². The van der Waals surface area contributed by atoms with Gasteiger partial charge in [-0.2, -0.15) is 0 Å². The second-order valence-electron chi connectivity index (χ2n) is 6.39. The molecule has 0 N–H and O–H groups in total. The maximum Gasteiger partial charge on any atom is 0.339 e. The van der Waals surface area contributed by atoms with E-state index in [1.54, 1.807) is 0 Å². The summed E-state index contributed by atoms with van der Waals surface area (Å²) >= 11 is 0. The number of hydrogen-bond donors (Lipinski definition) is 0. The molecule has 0 aliphatic heterocycles. The largest absolute Gasteiger partial charge is 0.423 e. The highest BCUT2D eigenvalue weighted by molar-refractivity contribution is 5.90. The molecular weight excluding hydrogens is 272 g/mol. The van der Waals surface area contributed by atoms with Crippen LogP contribution in [0.2, 0.25) is 0 Å². The molecule has 0 amide bonds. The van der Waals surface area contributed by atoms with Crippen LogP contribution in [-0.4, -0.2) is 5.97 Å². The Bertz CT molecular complexity index is 664. The fraction of sp³-hybridized carbons (Fsp3) is 0.250. The van der Waals surface area contributed by atoms with E-state index in [2.05, 4.69) is 18.7 Å². The molecule has 2 nitrogen and oxygen atoms in total. The van der Waals surface area contributed by atoms with Gasteiger partial charge in [0.2, 0.25) is 0 Å². The van der Waals surface area contributed by atoms with E-state index in [1.165, 1.54) is 5.56 Å². The molecule has 0 aliphatic rings. The summed E-state index contributed by atoms with van der Waals surface area (Å²) in [6.45, 7) is 9.71. The summed E-state index contributed by atoms with van der Waals surface area (Å²) in [5, 5.41) is 0. The number of hydrogen-bond acceptors (Lipinski definition) is 2. The Morgan fingerprint density at radius 2 is 1.59 bits per heavy atom. The van der Waals surface area contributed by atoms with Gasteiger partial charge in [-0.25, -0.2) is 4.79 Å². The number of esters is 1. The Labute approximate surface area is 132 Å². The summed E-state index contributed by atoms with van der Waals surface area (Å²) in [6, 6.07) is 17.8. The van der Waals surface area contributed by atoms with Crippen LogP contribution in [0.5, 0.6) is 5.75 Å². The van der Waals surface area contributed by atoms with E-state index in [9.17, 15) is 4.79 Å². The van der Waals surface area contributed by atoms with Crippen LogP contribution in [0.15, 0.2) is 66.7 Å². The molecule has 2 aromatic carbocycles. The van der Waals surface area contributed by atoms with Crippen LogP contribution in [0.4, 0.5) is 0 Å². The third-order valence-corrected chi connectivity index (χ3v) is 3.56. The quantitative estimate of drug-likeness (QED) is 0.460. The monoisotopic (exact) mass is 294 g/mol. The van der Waals surface area contributed by atoms with Crippen molar-refractivity contribution in [3.05, 3.63) is 77.9 Å². The van der Waals surface area contributed by atoms with Gasteiger partial charge in [0.1, 0.15) is 5.75 Å². The molecule has 2 heteroatoms. The van der Waals surface area contributed by atoms with Gasteiger partial charge in [-0.3, -0.25) is 0 Å². The van der Waals surface area contributed by atoms with Crippen molar-refractivity contribution in [3.8, 4) is 5.75 Å². The Balaban J connectivity index is 2.19. The Kier molecular flexibility index (Phi) is 4.81. The molecule has 0 radical (unpaired) electrons. The zero-order valence-corrected chi connectivity index (χ0v) is 13.4. The number of rotatable bonds is 4. The summed E-state index contributed by atoms with van der Waals surface area (Å²) < 4.78 is 5.57. The van der Waals surface area contributed by atoms with Gasteiger partial charge in [-0.1, -0.05) is 75.9 Å². The zero-order chi connectivity index (χ0) is 16.2. The second-order valence-corrected chi connectivity index (χ2v) is 6.39. The zero-order valence-electron chi connectivity index (χ0n) is 13.4. The maximum atomic E-state index is 12.2. The van der Waals surface area contributed by atoms with Crippen molar-refractivity contribution in [2.45, 2.75) is 27.2 Å². The molecule has 0 bridgehead atoms. The molecule has 0 unspecified atom stereocenters. The van der Waals surface area contributed by atoms with Crippen LogP contribution in [0, 0.1) is 5.41 Å². The first-order valence-corrected chi connectivity index (χ1v) is 7.41. The van der Waals surface area contributed by atoms with Crippen molar-refractivity contribution in [3.63, 3.8) is 0 Å². The molecular formula is C20H22O2. The first-order valence-electron chi connectivity index (χ1n) is 7.41. The van der Waals surface area contributed by atoms with E-state index < -0.39 is 0 Å². The molecule has 0 fully saturated rings. The van der Waals surface area contributed by atoms with Gasteiger partial charge in [0.05, 0.1) is 0 Å². The normalized spacial score (nSPS) is 11.0. The van der Waals surface area contributed by atoms with Crippen LogP contribution in [-0.2, 0) is 11.2 Å². The van der Waals surface area contributed by atoms with Crippen LogP contribution < -0.4 is 4.74 Å². The molecule has 2 aromatic rings. The number of carbonyl (C=O) groups excluding carboxylic acids is 1. The minimum atomic E-state index is -0.368. The predicted molar refractivity (Wildman–Crippen MR) is 89.9 cm³/mol. The van der Waals surface area contributed by atoms with Gasteiger partial charge in [0.25, 0.3) is 0 Å². The van der Waals surface area contributed by atoms with Gasteiger partial charge in [0.15, 0.2) is 0 Å². The average molecular weight is 294 g/mol. The van der Waals surface area contributed by atoms with E-state index in [-0.39, 0.29) is 11.4 Å². The number of benzene rings is 2. The topological polar surface area (TPSA) is 26.3 Å². The lowest BCUT2D eigenvalue weighted by molar-refractivity contribution is -0.131. The second kappa shape index (κ2) is 6.61. The number of para-hydroxylation sites is 1. The van der Waals surface area contributed by atoms with Crippen molar-refractivity contribution in [1.82, 2.24) is 0 Å². The van der Waals surface area contributed by atoms with Crippen molar-refractivity contribution in [2.75, 3.05) is 0 Å². The van der Waals surface area contributed by atoms with Crippen molar-refractivity contribution < 1.29 is 9.53 Å². The lowest BCUT2D eigenvalue weighted by atomic mass is 9.88. The molecule has 0 atom stereocenters. The summed E-state index contributed by atoms with van der Waals surface area (Å²) in [6.07, 6.45) is 0.728. The van der Waals surface area contributed by atoms with E-state index in [1.807, 2.05) is 63.2 Å². The number of ether oxygens (including phenoxy) is 1. The Hall–Kier alpha value is -2.35. The highest BCUT2D eigenvalue weighted by atomic mass is 16.5. The Morgan fingerprint density at radius 3 is 2.23 bits per heavy atom. The SMILES string of the molecule is C=C(C(=O)Oc1ccccc1Cc1ccccc1)C(C)(C)C. The standard InChI is InChI=1S/C20H22O2/c1-15(20(2,3)4)19(21)22-18-13-9-8-12-17(18)14-16-10-6-5-7-11-16/h5-13H,1,14H2,2-4H3. The summed E-state index contributed by atoms with van der Waals surface area (Å²) in [7, 11) is 0. The lowest BCUT2D eigenvalue weighted by Crippen LogP contribution is -2.21. The summed E-state index contributed by atoms with van der Waals surface area (Å²) in [4.78, 5) is 12.2. The van der Waals surface area contributed by atoms with Gasteiger partial charge in [-0.15, -0.1) is 0 Å². The predicted octanol–water partition coefficient (Wildman–Crippen LogP) is 4.79. The third-order valence-electron chi connectivity index (χ3n) is 3.56. The maximum absolute atomic E-state index is 12.2. The van der Waals surface area contributed by atoms with Crippen LogP contribution in [0.1, 0.15) is 31.9 Å². The number of carbonyl (C=O) groups is 1. The van der Waals surface area contributed by atoms with Crippen molar-refractivity contribution in [2.24, 2.45) is 5.41 Å². The average Bonchev–Trinajstić information content (AvgIpc) is 2.48. The van der Waals surface area contributed by atoms with Crippen molar-refractivity contribution in [1.29, 1.82) is 0 Å². The molecule has 0 heterocycles. The fourth-order valence-corrected chi connectivity index (χ4v) is 2.03. The fourth-order valence-electron chi connectivity index (χ4n) is 2.03. The lowest BCUT2D eigenvalue weighted by Gasteiger charge is -2.20. The molecule has 2 rings (SSSR count). The van der Waals surface area contributed by atoms with Crippen molar-refractivity contribution >= 4 is 5.97 Å². The van der Waals surface area contributed by atoms with Gasteiger partial charge >= 0.3 is 5.97 Å². The van der Waals surface area contributed by atoms with Gasteiger partial charge in [-0.05, 0) is 22.6 Å². The van der Waals surface area contributed by atoms with E-state index in [0.717, 1.165) is 12.0 Å². The molecule has 0 spiro atoms. The van der Waals surface area contributed by atoms with Crippen LogP contribution >= 0.6 is 0 Å². The first-order chi connectivity index (χ1) is 10.4. The molecule has 22 heavy (non-hydrogen) atoms. The van der Waals surface area contributed by atoms with E-state index >= 15 is 0 Å². The smallest absolute Gasteiger partial charge is 0.339 e. The van der Waals surface area contributed by atoms with Crippen LogP contribution in [0.3, 0.4) is 0 Å². The van der Waals surface area contributed by atoms with E-state index in [0.29, 0.717) is 11.3 Å². The molecule has 0 saturated carbocycles. The van der Waals surface area contributed by atoms with Gasteiger partial charge < -0.3 is 4.74 Å². The molecule has 0 aromatic heterocycles. The van der Waals surface area contributed by atoms with Gasteiger partial charge in [0, 0.05) is 12.0 Å². The molecule has 0 aliphatic carbocycles.